The molecule has 81 heavy (non-hydrogen) atoms. The Bertz CT molecular complexity index is 3020. The van der Waals surface area contributed by atoms with Crippen LogP contribution in [0.3, 0.4) is 0 Å². The van der Waals surface area contributed by atoms with Gasteiger partial charge in [-0.05, 0) is 213 Å². The highest BCUT2D eigenvalue weighted by Crippen LogP contribution is 2.33. The van der Waals surface area contributed by atoms with Crippen molar-refractivity contribution in [3.8, 4) is 0 Å². The summed E-state index contributed by atoms with van der Waals surface area (Å²) in [7, 11) is -11.7. The van der Waals surface area contributed by atoms with Gasteiger partial charge in [0.2, 0.25) is 0 Å². The molecule has 2 saturated heterocycles. The molecule has 3 aromatic rings. The molecule has 0 radical (unpaired) electrons. The fourth-order valence-electron chi connectivity index (χ4n) is 10.1. The van der Waals surface area contributed by atoms with Crippen molar-refractivity contribution in [2.75, 3.05) is 13.2 Å². The van der Waals surface area contributed by atoms with E-state index in [1.807, 2.05) is 84.1 Å². The molecule has 2 fully saturated rings. The highest BCUT2D eigenvalue weighted by molar-refractivity contribution is 7.92. The topological polar surface area (TPSA) is 139 Å². The summed E-state index contributed by atoms with van der Waals surface area (Å²) in [6, 6.07) is 25.7. The summed E-state index contributed by atoms with van der Waals surface area (Å²) in [6.07, 6.45) is 23.8. The van der Waals surface area contributed by atoms with Crippen LogP contribution >= 0.6 is 0 Å². The third-order valence-corrected chi connectivity index (χ3v) is 21.1. The molecule has 0 bridgehead atoms. The van der Waals surface area contributed by atoms with E-state index in [2.05, 4.69) is 45.9 Å². The molecule has 0 saturated carbocycles. The van der Waals surface area contributed by atoms with Crippen LogP contribution in [-0.4, -0.2) is 79.0 Å². The van der Waals surface area contributed by atoms with Gasteiger partial charge in [-0.15, -0.1) is 0 Å². The molecule has 0 aromatic heterocycles. The van der Waals surface area contributed by atoms with E-state index in [1.54, 1.807) is 78.9 Å². The van der Waals surface area contributed by atoms with Crippen LogP contribution in [0.15, 0.2) is 199 Å². The van der Waals surface area contributed by atoms with Crippen molar-refractivity contribution in [3.63, 3.8) is 0 Å². The lowest BCUT2D eigenvalue weighted by molar-refractivity contribution is -0.179. The van der Waals surface area contributed by atoms with Gasteiger partial charge in [-0.25, -0.2) is 25.3 Å². The summed E-state index contributed by atoms with van der Waals surface area (Å²) in [5.41, 5.74) is 7.78. The molecule has 0 N–H and O–H groups in total. The van der Waals surface area contributed by atoms with Gasteiger partial charge in [-0.2, -0.15) is 0 Å². The largest absolute Gasteiger partial charge is 0.353 e. The van der Waals surface area contributed by atoms with Crippen molar-refractivity contribution < 1.29 is 44.2 Å². The Morgan fingerprint density at radius 3 is 1.15 bits per heavy atom. The van der Waals surface area contributed by atoms with Gasteiger partial charge in [-0.1, -0.05) is 137 Å². The molecular weight excluding hydrogens is 1070 g/mol. The third-order valence-electron chi connectivity index (χ3n) is 15.0. The lowest BCUT2D eigenvalue weighted by Gasteiger charge is -2.32. The molecule has 444 valence electrons. The minimum Gasteiger partial charge on any atom is -0.353 e. The van der Waals surface area contributed by atoms with Gasteiger partial charge in [0.1, 0.15) is 22.7 Å². The van der Waals surface area contributed by atoms with Crippen LogP contribution in [0, 0.1) is 0 Å². The number of hydrogen-bond donors (Lipinski definition) is 0. The van der Waals surface area contributed by atoms with Crippen molar-refractivity contribution in [3.05, 3.63) is 184 Å². The van der Waals surface area contributed by atoms with Crippen LogP contribution in [0.2, 0.25) is 0 Å². The van der Waals surface area contributed by atoms with E-state index < -0.39 is 70.0 Å². The first-order valence-corrected chi connectivity index (χ1v) is 33.9. The van der Waals surface area contributed by atoms with Gasteiger partial charge in [0.05, 0.1) is 19.9 Å². The van der Waals surface area contributed by atoms with E-state index in [1.165, 1.54) is 11.1 Å². The van der Waals surface area contributed by atoms with E-state index in [0.29, 0.717) is 64.6 Å². The van der Waals surface area contributed by atoms with Crippen LogP contribution in [0.4, 0.5) is 0 Å². The quantitative estimate of drug-likeness (QED) is 0.0572. The van der Waals surface area contributed by atoms with E-state index >= 15 is 0 Å². The number of hydrogen-bond acceptors (Lipinski definition) is 10. The maximum absolute atomic E-state index is 14.7. The van der Waals surface area contributed by atoms with Crippen molar-refractivity contribution in [2.45, 2.75) is 221 Å². The van der Waals surface area contributed by atoms with Crippen LogP contribution in [0.1, 0.15) is 166 Å². The number of rotatable bonds is 31. The predicted octanol–water partition coefficient (Wildman–Crippen LogP) is 16.5. The van der Waals surface area contributed by atoms with E-state index in [-0.39, 0.29) is 21.1 Å². The van der Waals surface area contributed by atoms with Crippen molar-refractivity contribution in [2.24, 2.45) is 0 Å². The maximum Gasteiger partial charge on any atom is 0.187 e. The first-order valence-electron chi connectivity index (χ1n) is 29.3. The van der Waals surface area contributed by atoms with E-state index in [9.17, 15) is 25.3 Å². The molecule has 5 rings (SSSR count). The highest BCUT2D eigenvalue weighted by Gasteiger charge is 2.39. The standard InChI is InChI=1S/C68H94O10S3/c1-51(2)28-24-31-55(7)49-63(80(71,72)60-38-16-12-17-39-60)67(77-65-42-20-22-46-75-65)57(9)34-26-30-53(5)44-45-62(79(69,70)59-36-14-11-15-37-59)48-54(6)33-27-35-58(10)68(78-66-43-21-23-47-76-66)64(50-56(8)32-25-29-52(3)4)81(73,74)61-40-18-13-19-41-61/h11-19,28-29,34-41,44,48-50,62-68H,20-27,30-33,42-43,45-47H2,1-10H3/b53-44+,54-48+,55-49+,56-50+,57-34+,58-35+. The first kappa shape index (κ1) is 67.1. The van der Waals surface area contributed by atoms with Gasteiger partial charge in [0.25, 0.3) is 0 Å². The van der Waals surface area contributed by atoms with Crippen molar-refractivity contribution in [1.29, 1.82) is 0 Å². The molecule has 10 nitrogen and oxygen atoms in total. The van der Waals surface area contributed by atoms with Crippen LogP contribution < -0.4 is 0 Å². The van der Waals surface area contributed by atoms with Gasteiger partial charge < -0.3 is 18.9 Å². The molecule has 2 aliphatic rings. The normalized spacial score (nSPS) is 19.5. The van der Waals surface area contributed by atoms with Crippen molar-refractivity contribution >= 4 is 29.5 Å². The van der Waals surface area contributed by atoms with Crippen LogP contribution in [0.5, 0.6) is 0 Å². The zero-order chi connectivity index (χ0) is 59.0. The van der Waals surface area contributed by atoms with Gasteiger partial charge >= 0.3 is 0 Å². The lowest BCUT2D eigenvalue weighted by Crippen LogP contribution is -2.40. The summed E-state index contributed by atoms with van der Waals surface area (Å²) in [4.78, 5) is 0.703. The Hall–Kier alpha value is -4.73. The second kappa shape index (κ2) is 33.5. The number of allylic oxidation sites excluding steroid dienone is 11. The number of sulfone groups is 3. The zero-order valence-electron chi connectivity index (χ0n) is 50.1. The second-order valence-electron chi connectivity index (χ2n) is 22.7. The highest BCUT2D eigenvalue weighted by atomic mass is 32.2. The average molecular weight is 1170 g/mol. The predicted molar refractivity (Wildman–Crippen MR) is 332 cm³/mol. The monoisotopic (exact) mass is 1170 g/mol. The molecular formula is C68H94O10S3. The Labute approximate surface area is 489 Å². The fourth-order valence-corrected chi connectivity index (χ4v) is 15.5. The summed E-state index contributed by atoms with van der Waals surface area (Å²) in [5, 5.41) is -2.89. The minimum atomic E-state index is -3.93. The van der Waals surface area contributed by atoms with Crippen LogP contribution in [-0.2, 0) is 48.5 Å². The number of benzene rings is 3. The Balaban J connectivity index is 1.42. The van der Waals surface area contributed by atoms with E-state index in [4.69, 9.17) is 18.9 Å². The summed E-state index contributed by atoms with van der Waals surface area (Å²) in [6.45, 7) is 21.1. The lowest BCUT2D eigenvalue weighted by atomic mass is 10.0. The molecule has 0 aliphatic carbocycles. The SMILES string of the molecule is CC(C)=CCC/C(C)=C/C(C(OC1CCCCO1)/C(C)=C/CC/C(C)=C/CC(/C=C(\C)CC/C=C(\C)C(OC1CCCCO1)C(/C=C(\C)CCC=C(C)C)S(=O)(=O)c1ccccc1)S(=O)(=O)c1ccccc1)S(=O)(=O)c1ccccc1. The Morgan fingerprint density at radius 2 is 0.790 bits per heavy atom. The third kappa shape index (κ3) is 21.8. The van der Waals surface area contributed by atoms with Crippen LogP contribution in [0.25, 0.3) is 0 Å². The fraction of sp³-hybridized carbons (Fsp3) is 0.500. The molecule has 0 amide bonds. The molecule has 7 atom stereocenters. The first-order chi connectivity index (χ1) is 38.6. The zero-order valence-corrected chi connectivity index (χ0v) is 52.6. The number of ether oxygens (including phenoxy) is 4. The second-order valence-corrected chi connectivity index (χ2v) is 29.1. The smallest absolute Gasteiger partial charge is 0.187 e. The average Bonchev–Trinajstić information content (AvgIpc) is 3.46. The molecule has 0 spiro atoms. The summed E-state index contributed by atoms with van der Waals surface area (Å²) < 4.78 is 113. The Morgan fingerprint density at radius 1 is 0.444 bits per heavy atom. The Kier molecular flexibility index (Phi) is 27.8. The van der Waals surface area contributed by atoms with Gasteiger partial charge in [0.15, 0.2) is 42.1 Å². The molecule has 2 heterocycles. The van der Waals surface area contributed by atoms with Gasteiger partial charge in [-0.3, -0.25) is 0 Å². The van der Waals surface area contributed by atoms with Crippen molar-refractivity contribution in [1.82, 2.24) is 0 Å². The molecule has 13 heteroatoms. The minimum absolute atomic E-state index is 0.225. The van der Waals surface area contributed by atoms with Gasteiger partial charge in [0, 0.05) is 13.2 Å². The molecule has 7 unspecified atom stereocenters. The summed E-state index contributed by atoms with van der Waals surface area (Å²) >= 11 is 0. The molecule has 2 aliphatic heterocycles. The van der Waals surface area contributed by atoms with E-state index in [0.717, 1.165) is 72.0 Å². The molecule has 3 aromatic carbocycles. The maximum atomic E-state index is 14.7. The summed E-state index contributed by atoms with van der Waals surface area (Å²) in [5.74, 6) is 0.